The molecule has 0 amide bonds. The zero-order valence-corrected chi connectivity index (χ0v) is 51.1. The molecule has 0 fully saturated rings. The lowest BCUT2D eigenvalue weighted by molar-refractivity contribution is -0.167. The molecule has 1 atom stereocenters. The van der Waals surface area contributed by atoms with Crippen molar-refractivity contribution < 1.29 is 28.6 Å². The van der Waals surface area contributed by atoms with E-state index in [1.165, 1.54) is 295 Å². The predicted octanol–water partition coefficient (Wildman–Crippen LogP) is 23.2. The van der Waals surface area contributed by atoms with Crippen molar-refractivity contribution in [1.82, 2.24) is 0 Å². The minimum absolute atomic E-state index is 0.0650. The fourth-order valence-corrected chi connectivity index (χ4v) is 10.6. The van der Waals surface area contributed by atoms with Crippen molar-refractivity contribution in [3.8, 4) is 0 Å². The first-order valence-electron chi connectivity index (χ1n) is 34.2. The van der Waals surface area contributed by atoms with Crippen LogP contribution in [0.4, 0.5) is 0 Å². The summed E-state index contributed by atoms with van der Waals surface area (Å²) in [7, 11) is 0. The molecule has 1 unspecified atom stereocenters. The van der Waals surface area contributed by atoms with Crippen LogP contribution >= 0.6 is 0 Å². The van der Waals surface area contributed by atoms with Crippen LogP contribution in [0.15, 0.2) is 12.2 Å². The molecule has 444 valence electrons. The average Bonchev–Trinajstić information content (AvgIpc) is 3.41. The SMILES string of the molecule is CCCCCCCCCC/C=C\CCCCCCCCCCCC(=O)OC(COC(=O)CCCCCCCCC)COC(=O)CCCCCCCCCCCCCCCCCCCCCCCCCCCCCCC. The molecular formula is C69H132O6. The van der Waals surface area contributed by atoms with E-state index >= 15 is 0 Å². The van der Waals surface area contributed by atoms with E-state index in [1.807, 2.05) is 0 Å². The second-order valence-electron chi connectivity index (χ2n) is 23.5. The molecule has 6 nitrogen and oxygen atoms in total. The maximum atomic E-state index is 12.9. The van der Waals surface area contributed by atoms with Crippen LogP contribution in [-0.2, 0) is 28.6 Å². The highest BCUT2D eigenvalue weighted by molar-refractivity contribution is 5.71. The van der Waals surface area contributed by atoms with Crippen molar-refractivity contribution in [3.63, 3.8) is 0 Å². The van der Waals surface area contributed by atoms with Gasteiger partial charge in [0.25, 0.3) is 0 Å². The number of carbonyl (C=O) groups is 3. The average molecular weight is 1060 g/mol. The Balaban J connectivity index is 4.00. The van der Waals surface area contributed by atoms with Gasteiger partial charge in [-0.15, -0.1) is 0 Å². The Morgan fingerprint density at radius 3 is 0.667 bits per heavy atom. The topological polar surface area (TPSA) is 78.9 Å². The fourth-order valence-electron chi connectivity index (χ4n) is 10.6. The highest BCUT2D eigenvalue weighted by atomic mass is 16.6. The fraction of sp³-hybridized carbons (Fsp3) is 0.928. The van der Waals surface area contributed by atoms with E-state index in [9.17, 15) is 14.4 Å². The highest BCUT2D eigenvalue weighted by Crippen LogP contribution is 2.19. The summed E-state index contributed by atoms with van der Waals surface area (Å²) < 4.78 is 16.9. The van der Waals surface area contributed by atoms with Crippen LogP contribution in [0, 0.1) is 0 Å². The Morgan fingerprint density at radius 2 is 0.440 bits per heavy atom. The van der Waals surface area contributed by atoms with Gasteiger partial charge in [-0.1, -0.05) is 341 Å². The molecule has 0 aromatic rings. The summed E-state index contributed by atoms with van der Waals surface area (Å²) in [5.41, 5.74) is 0. The molecule has 0 saturated carbocycles. The van der Waals surface area contributed by atoms with Gasteiger partial charge in [-0.25, -0.2) is 0 Å². The van der Waals surface area contributed by atoms with Crippen LogP contribution in [0.2, 0.25) is 0 Å². The number of carbonyl (C=O) groups excluding carboxylic acids is 3. The molecule has 0 spiro atoms. The van der Waals surface area contributed by atoms with Crippen molar-refractivity contribution in [2.24, 2.45) is 0 Å². The molecule has 0 N–H and O–H groups in total. The summed E-state index contributed by atoms with van der Waals surface area (Å²) in [6, 6.07) is 0. The van der Waals surface area contributed by atoms with Gasteiger partial charge in [-0.05, 0) is 44.9 Å². The van der Waals surface area contributed by atoms with Gasteiger partial charge in [0, 0.05) is 19.3 Å². The second kappa shape index (κ2) is 64.7. The van der Waals surface area contributed by atoms with Gasteiger partial charge in [-0.3, -0.25) is 14.4 Å². The Morgan fingerprint density at radius 1 is 0.253 bits per heavy atom. The van der Waals surface area contributed by atoms with Crippen LogP contribution in [-0.4, -0.2) is 37.2 Å². The Kier molecular flexibility index (Phi) is 63.1. The maximum Gasteiger partial charge on any atom is 0.306 e. The zero-order valence-electron chi connectivity index (χ0n) is 51.1. The van der Waals surface area contributed by atoms with Gasteiger partial charge in [-0.2, -0.15) is 0 Å². The first kappa shape index (κ1) is 73.2. The number of allylic oxidation sites excluding steroid dienone is 2. The molecule has 0 heterocycles. The van der Waals surface area contributed by atoms with Crippen molar-refractivity contribution in [2.45, 2.75) is 399 Å². The third-order valence-electron chi connectivity index (χ3n) is 15.8. The number of rotatable bonds is 64. The van der Waals surface area contributed by atoms with E-state index in [0.717, 1.165) is 57.8 Å². The minimum Gasteiger partial charge on any atom is -0.462 e. The lowest BCUT2D eigenvalue weighted by Crippen LogP contribution is -2.30. The van der Waals surface area contributed by atoms with E-state index in [0.29, 0.717) is 19.3 Å². The zero-order chi connectivity index (χ0) is 54.3. The van der Waals surface area contributed by atoms with Crippen molar-refractivity contribution in [3.05, 3.63) is 12.2 Å². The maximum absolute atomic E-state index is 12.9. The van der Waals surface area contributed by atoms with Crippen LogP contribution in [0.25, 0.3) is 0 Å². The van der Waals surface area contributed by atoms with Gasteiger partial charge >= 0.3 is 17.9 Å². The van der Waals surface area contributed by atoms with Crippen molar-refractivity contribution in [2.75, 3.05) is 13.2 Å². The first-order chi connectivity index (χ1) is 37.0. The summed E-state index contributed by atoms with van der Waals surface area (Å²) >= 11 is 0. The molecule has 0 aromatic heterocycles. The monoisotopic (exact) mass is 1060 g/mol. The molecule has 0 aliphatic heterocycles. The largest absolute Gasteiger partial charge is 0.462 e. The Hall–Kier alpha value is -1.85. The standard InChI is InChI=1S/C69H132O6/c1-4-7-10-13-16-18-20-22-24-26-28-30-31-32-33-34-35-36-37-39-40-42-44-46-48-50-53-56-59-62-68(71)74-65-66(64-73-67(70)61-58-55-52-15-12-9-6-3)75-69(72)63-60-57-54-51-49-47-45-43-41-38-29-27-25-23-21-19-17-14-11-8-5-2/h27,29,66H,4-26,28,30-65H2,1-3H3/b29-27-. The molecule has 6 heteroatoms. The first-order valence-corrected chi connectivity index (χ1v) is 34.2. The Labute approximate surface area is 469 Å². The minimum atomic E-state index is -0.765. The smallest absolute Gasteiger partial charge is 0.306 e. The second-order valence-corrected chi connectivity index (χ2v) is 23.5. The molecular weight excluding hydrogens is 925 g/mol. The van der Waals surface area contributed by atoms with E-state index in [4.69, 9.17) is 14.2 Å². The third kappa shape index (κ3) is 62.9. The normalized spacial score (nSPS) is 12.0. The van der Waals surface area contributed by atoms with Gasteiger partial charge in [0.2, 0.25) is 0 Å². The summed E-state index contributed by atoms with van der Waals surface area (Å²) in [4.78, 5) is 38.1. The van der Waals surface area contributed by atoms with Gasteiger partial charge in [0.1, 0.15) is 13.2 Å². The van der Waals surface area contributed by atoms with E-state index in [2.05, 4.69) is 32.9 Å². The summed E-state index contributed by atoms with van der Waals surface area (Å²) in [6.07, 6.45) is 77.0. The lowest BCUT2D eigenvalue weighted by Gasteiger charge is -2.18. The van der Waals surface area contributed by atoms with E-state index in [-0.39, 0.29) is 31.1 Å². The molecule has 0 aromatic carbocycles. The van der Waals surface area contributed by atoms with Gasteiger partial charge in [0.15, 0.2) is 6.10 Å². The van der Waals surface area contributed by atoms with E-state index < -0.39 is 6.10 Å². The van der Waals surface area contributed by atoms with Gasteiger partial charge in [0.05, 0.1) is 0 Å². The van der Waals surface area contributed by atoms with Crippen LogP contribution in [0.3, 0.4) is 0 Å². The lowest BCUT2D eigenvalue weighted by atomic mass is 10.0. The summed E-state index contributed by atoms with van der Waals surface area (Å²) in [5, 5.41) is 0. The quantitative estimate of drug-likeness (QED) is 0.0261. The Bertz CT molecular complexity index is 1170. The molecule has 0 aliphatic carbocycles. The molecule has 0 aliphatic rings. The molecule has 75 heavy (non-hydrogen) atoms. The highest BCUT2D eigenvalue weighted by Gasteiger charge is 2.19. The van der Waals surface area contributed by atoms with Crippen LogP contribution in [0.5, 0.6) is 0 Å². The molecule has 0 radical (unpaired) electrons. The summed E-state index contributed by atoms with van der Waals surface area (Å²) in [5.74, 6) is -0.846. The predicted molar refractivity (Wildman–Crippen MR) is 326 cm³/mol. The number of hydrogen-bond donors (Lipinski definition) is 0. The summed E-state index contributed by atoms with van der Waals surface area (Å²) in [6.45, 7) is 6.67. The number of esters is 3. The molecule has 0 bridgehead atoms. The van der Waals surface area contributed by atoms with Crippen molar-refractivity contribution in [1.29, 1.82) is 0 Å². The number of unbranched alkanes of at least 4 members (excludes halogenated alkanes) is 51. The van der Waals surface area contributed by atoms with Crippen LogP contribution < -0.4 is 0 Å². The number of hydrogen-bond acceptors (Lipinski definition) is 6. The molecule has 0 saturated heterocycles. The van der Waals surface area contributed by atoms with Crippen molar-refractivity contribution >= 4 is 17.9 Å². The van der Waals surface area contributed by atoms with Gasteiger partial charge < -0.3 is 14.2 Å². The third-order valence-corrected chi connectivity index (χ3v) is 15.8. The molecule has 0 rings (SSSR count). The van der Waals surface area contributed by atoms with E-state index in [1.54, 1.807) is 0 Å². The van der Waals surface area contributed by atoms with Crippen LogP contribution in [0.1, 0.15) is 393 Å². The number of ether oxygens (including phenoxy) is 3.